The molecule has 0 unspecified atom stereocenters. The van der Waals surface area contributed by atoms with Crippen LogP contribution in [0.3, 0.4) is 0 Å². The zero-order valence-corrected chi connectivity index (χ0v) is 10.7. The predicted molar refractivity (Wildman–Crippen MR) is 67.8 cm³/mol. The van der Waals surface area contributed by atoms with Crippen LogP contribution in [0.15, 0.2) is 6.07 Å². The maximum atomic E-state index is 4.33. The molecule has 0 atom stereocenters. The van der Waals surface area contributed by atoms with Crippen molar-refractivity contribution in [3.8, 4) is 0 Å². The van der Waals surface area contributed by atoms with Crippen LogP contribution in [0.25, 0.3) is 0 Å². The highest BCUT2D eigenvalue weighted by Crippen LogP contribution is 2.03. The molecule has 4 heteroatoms. The summed E-state index contributed by atoms with van der Waals surface area (Å²) in [6.07, 6.45) is 2.35. The highest BCUT2D eigenvalue weighted by Gasteiger charge is 1.98. The Labute approximate surface area is 98.1 Å². The first kappa shape index (κ1) is 12.9. The van der Waals surface area contributed by atoms with Gasteiger partial charge >= 0.3 is 0 Å². The van der Waals surface area contributed by atoms with Crippen molar-refractivity contribution in [1.29, 1.82) is 0 Å². The molecule has 1 rings (SSSR count). The molecule has 0 saturated carbocycles. The van der Waals surface area contributed by atoms with Gasteiger partial charge in [-0.2, -0.15) is 0 Å². The topological polar surface area (TPSA) is 41.1 Å². The minimum Gasteiger partial charge on any atom is -0.354 e. The van der Waals surface area contributed by atoms with E-state index in [1.807, 2.05) is 19.9 Å². The van der Waals surface area contributed by atoms with Crippen molar-refractivity contribution in [1.82, 2.24) is 14.9 Å². The molecule has 1 N–H and O–H groups in total. The SMILES string of the molecule is Cc1cc(C)nc(NCCCCN(C)C)n1. The van der Waals surface area contributed by atoms with Crippen LogP contribution >= 0.6 is 0 Å². The van der Waals surface area contributed by atoms with Crippen LogP contribution < -0.4 is 5.32 Å². The Morgan fingerprint density at radius 3 is 2.31 bits per heavy atom. The lowest BCUT2D eigenvalue weighted by Crippen LogP contribution is -2.14. The van der Waals surface area contributed by atoms with Crippen LogP contribution in [0.2, 0.25) is 0 Å². The first-order valence-electron chi connectivity index (χ1n) is 5.79. The molecule has 0 aliphatic rings. The van der Waals surface area contributed by atoms with E-state index in [1.54, 1.807) is 0 Å². The molecule has 0 saturated heterocycles. The number of unbranched alkanes of at least 4 members (excludes halogenated alkanes) is 1. The van der Waals surface area contributed by atoms with E-state index >= 15 is 0 Å². The summed E-state index contributed by atoms with van der Waals surface area (Å²) < 4.78 is 0. The minimum atomic E-state index is 0.752. The lowest BCUT2D eigenvalue weighted by Gasteiger charge is -2.09. The molecular weight excluding hydrogens is 200 g/mol. The Kier molecular flexibility index (Phi) is 5.19. The smallest absolute Gasteiger partial charge is 0.223 e. The number of aryl methyl sites for hydroxylation is 2. The Hall–Kier alpha value is -1.16. The van der Waals surface area contributed by atoms with Crippen LogP contribution in [0, 0.1) is 13.8 Å². The first-order chi connectivity index (χ1) is 7.58. The summed E-state index contributed by atoms with van der Waals surface area (Å²) in [5.74, 6) is 0.752. The van der Waals surface area contributed by atoms with Crippen molar-refractivity contribution in [3.05, 3.63) is 17.5 Å². The van der Waals surface area contributed by atoms with Crippen molar-refractivity contribution in [2.75, 3.05) is 32.5 Å². The van der Waals surface area contributed by atoms with Gasteiger partial charge in [0, 0.05) is 17.9 Å². The van der Waals surface area contributed by atoms with E-state index in [-0.39, 0.29) is 0 Å². The summed E-state index contributed by atoms with van der Waals surface area (Å²) in [4.78, 5) is 10.9. The average Bonchev–Trinajstić information content (AvgIpc) is 2.15. The van der Waals surface area contributed by atoms with Gasteiger partial charge in [-0.25, -0.2) is 9.97 Å². The van der Waals surface area contributed by atoms with Gasteiger partial charge in [0.2, 0.25) is 5.95 Å². The third kappa shape index (κ3) is 5.07. The Morgan fingerprint density at radius 2 is 1.75 bits per heavy atom. The van der Waals surface area contributed by atoms with Gasteiger partial charge < -0.3 is 10.2 Å². The van der Waals surface area contributed by atoms with Gasteiger partial charge in [-0.1, -0.05) is 0 Å². The number of hydrogen-bond acceptors (Lipinski definition) is 4. The lowest BCUT2D eigenvalue weighted by molar-refractivity contribution is 0.396. The normalized spacial score (nSPS) is 10.8. The standard InChI is InChI=1S/C12H22N4/c1-10-9-11(2)15-12(14-10)13-7-5-6-8-16(3)4/h9H,5-8H2,1-4H3,(H,13,14,15). The van der Waals surface area contributed by atoms with Crippen LogP contribution in [0.4, 0.5) is 5.95 Å². The molecule has 1 aromatic rings. The predicted octanol–water partition coefficient (Wildman–Crippen LogP) is 1.85. The van der Waals surface area contributed by atoms with Crippen LogP contribution in [-0.4, -0.2) is 42.1 Å². The molecule has 90 valence electrons. The van der Waals surface area contributed by atoms with E-state index in [1.165, 1.54) is 6.42 Å². The second-order valence-corrected chi connectivity index (χ2v) is 4.41. The van der Waals surface area contributed by atoms with Gasteiger partial charge in [0.25, 0.3) is 0 Å². The van der Waals surface area contributed by atoms with Crippen LogP contribution in [0.5, 0.6) is 0 Å². The number of anilines is 1. The summed E-state index contributed by atoms with van der Waals surface area (Å²) in [5.41, 5.74) is 2.03. The maximum Gasteiger partial charge on any atom is 0.223 e. The molecule has 4 nitrogen and oxygen atoms in total. The summed E-state index contributed by atoms with van der Waals surface area (Å²) >= 11 is 0. The Bertz CT molecular complexity index is 303. The molecule has 0 fully saturated rings. The average molecular weight is 222 g/mol. The van der Waals surface area contributed by atoms with E-state index in [0.717, 1.165) is 36.8 Å². The monoisotopic (exact) mass is 222 g/mol. The molecule has 0 aliphatic heterocycles. The van der Waals surface area contributed by atoms with Gasteiger partial charge in [0.15, 0.2) is 0 Å². The van der Waals surface area contributed by atoms with Crippen molar-refractivity contribution >= 4 is 5.95 Å². The molecular formula is C12H22N4. The summed E-state index contributed by atoms with van der Waals surface area (Å²) in [5, 5.41) is 3.26. The quantitative estimate of drug-likeness (QED) is 0.746. The molecule has 16 heavy (non-hydrogen) atoms. The number of aromatic nitrogens is 2. The molecule has 0 spiro atoms. The Morgan fingerprint density at radius 1 is 1.12 bits per heavy atom. The van der Waals surface area contributed by atoms with Gasteiger partial charge in [-0.3, -0.25) is 0 Å². The van der Waals surface area contributed by atoms with Crippen molar-refractivity contribution in [2.45, 2.75) is 26.7 Å². The largest absolute Gasteiger partial charge is 0.354 e. The third-order valence-corrected chi connectivity index (χ3v) is 2.30. The van der Waals surface area contributed by atoms with Gasteiger partial charge in [-0.05, 0) is 53.4 Å². The Balaban J connectivity index is 2.26. The zero-order chi connectivity index (χ0) is 12.0. The molecule has 0 aliphatic carbocycles. The van der Waals surface area contributed by atoms with Crippen LogP contribution in [0.1, 0.15) is 24.2 Å². The van der Waals surface area contributed by atoms with E-state index in [9.17, 15) is 0 Å². The second-order valence-electron chi connectivity index (χ2n) is 4.41. The minimum absolute atomic E-state index is 0.752. The van der Waals surface area contributed by atoms with E-state index in [0.29, 0.717) is 0 Å². The van der Waals surface area contributed by atoms with E-state index < -0.39 is 0 Å². The van der Waals surface area contributed by atoms with Crippen molar-refractivity contribution < 1.29 is 0 Å². The van der Waals surface area contributed by atoms with Crippen molar-refractivity contribution in [3.63, 3.8) is 0 Å². The number of rotatable bonds is 6. The fraction of sp³-hybridized carbons (Fsp3) is 0.667. The fourth-order valence-corrected chi connectivity index (χ4v) is 1.56. The van der Waals surface area contributed by atoms with E-state index in [4.69, 9.17) is 0 Å². The molecule has 0 bridgehead atoms. The summed E-state index contributed by atoms with van der Waals surface area (Å²) in [7, 11) is 4.20. The van der Waals surface area contributed by atoms with E-state index in [2.05, 4.69) is 34.3 Å². The summed E-state index contributed by atoms with van der Waals surface area (Å²) in [6.45, 7) is 6.06. The maximum absolute atomic E-state index is 4.33. The molecule has 0 radical (unpaired) electrons. The third-order valence-electron chi connectivity index (χ3n) is 2.30. The summed E-state index contributed by atoms with van der Waals surface area (Å²) in [6, 6.07) is 1.98. The zero-order valence-electron chi connectivity index (χ0n) is 10.7. The number of hydrogen-bond donors (Lipinski definition) is 1. The first-order valence-corrected chi connectivity index (χ1v) is 5.79. The molecule has 1 aromatic heterocycles. The molecule has 0 aromatic carbocycles. The van der Waals surface area contributed by atoms with Crippen LogP contribution in [-0.2, 0) is 0 Å². The fourth-order valence-electron chi connectivity index (χ4n) is 1.56. The molecule has 0 amide bonds. The number of nitrogens with zero attached hydrogens (tertiary/aromatic N) is 3. The second kappa shape index (κ2) is 6.43. The van der Waals surface area contributed by atoms with Crippen molar-refractivity contribution in [2.24, 2.45) is 0 Å². The highest BCUT2D eigenvalue weighted by atomic mass is 15.1. The lowest BCUT2D eigenvalue weighted by atomic mass is 10.3. The van der Waals surface area contributed by atoms with Gasteiger partial charge in [-0.15, -0.1) is 0 Å². The van der Waals surface area contributed by atoms with Gasteiger partial charge in [0.05, 0.1) is 0 Å². The number of nitrogens with one attached hydrogen (secondary N) is 1. The molecule has 1 heterocycles. The van der Waals surface area contributed by atoms with Gasteiger partial charge in [0.1, 0.15) is 0 Å². The highest BCUT2D eigenvalue weighted by molar-refractivity contribution is 5.27.